The fourth-order valence-electron chi connectivity index (χ4n) is 2.30. The molecule has 1 heterocycles. The van der Waals surface area contributed by atoms with Gasteiger partial charge in [-0.25, -0.2) is 0 Å². The first-order valence-corrected chi connectivity index (χ1v) is 9.52. The maximum absolute atomic E-state index is 2.46. The van der Waals surface area contributed by atoms with Crippen LogP contribution >= 0.6 is 33.9 Å². The van der Waals surface area contributed by atoms with Gasteiger partial charge in [0.1, 0.15) is 0 Å². The van der Waals surface area contributed by atoms with Crippen LogP contribution in [0.25, 0.3) is 0 Å². The van der Waals surface area contributed by atoms with Gasteiger partial charge in [0.2, 0.25) is 0 Å². The lowest BCUT2D eigenvalue weighted by atomic mass is 10.0. The van der Waals surface area contributed by atoms with E-state index in [1.165, 1.54) is 73.5 Å². The van der Waals surface area contributed by atoms with E-state index in [-0.39, 0.29) is 0 Å². The van der Waals surface area contributed by atoms with Crippen LogP contribution in [0.1, 0.15) is 76.7 Å². The van der Waals surface area contributed by atoms with E-state index in [0.717, 1.165) is 0 Å². The molecule has 0 atom stereocenters. The molecule has 0 amide bonds. The van der Waals surface area contributed by atoms with Crippen LogP contribution in [-0.4, -0.2) is 0 Å². The van der Waals surface area contributed by atoms with Gasteiger partial charge in [-0.3, -0.25) is 0 Å². The molecule has 0 saturated heterocycles. The topological polar surface area (TPSA) is 0 Å². The van der Waals surface area contributed by atoms with Crippen molar-refractivity contribution >= 4 is 33.9 Å². The van der Waals surface area contributed by atoms with E-state index in [1.807, 2.05) is 11.3 Å². The van der Waals surface area contributed by atoms with E-state index < -0.39 is 0 Å². The summed E-state index contributed by atoms with van der Waals surface area (Å²) in [5.41, 5.74) is 1.57. The molecule has 0 aliphatic rings. The van der Waals surface area contributed by atoms with E-state index >= 15 is 0 Å². The Morgan fingerprint density at radius 2 is 1.44 bits per heavy atom. The Bertz CT molecular complexity index is 293. The molecule has 0 nitrogen and oxygen atoms in total. The second-order valence-electron chi connectivity index (χ2n) is 5.15. The van der Waals surface area contributed by atoms with E-state index in [1.54, 1.807) is 5.56 Å². The molecule has 0 bridgehead atoms. The number of unbranched alkanes of at least 4 members (excludes halogenated alkanes) is 9. The molecule has 0 unspecified atom stereocenters. The summed E-state index contributed by atoms with van der Waals surface area (Å²) in [5, 5.41) is 2.22. The number of hydrogen-bond donors (Lipinski definition) is 0. The Morgan fingerprint density at radius 1 is 0.889 bits per heavy atom. The predicted octanol–water partition coefficient (Wildman–Crippen LogP) is 6.82. The highest BCUT2D eigenvalue weighted by Crippen LogP contribution is 2.21. The Morgan fingerprint density at radius 3 is 1.94 bits per heavy atom. The molecule has 0 N–H and O–H groups in total. The third-order valence-corrected chi connectivity index (χ3v) is 5.69. The zero-order valence-corrected chi connectivity index (χ0v) is 14.7. The summed E-state index contributed by atoms with van der Waals surface area (Å²) in [6.45, 7) is 2.29. The van der Waals surface area contributed by atoms with Gasteiger partial charge in [0.15, 0.2) is 0 Å². The van der Waals surface area contributed by atoms with E-state index in [9.17, 15) is 0 Å². The predicted molar refractivity (Wildman–Crippen MR) is 92.6 cm³/mol. The molecular formula is C16H27IS. The van der Waals surface area contributed by atoms with Gasteiger partial charge in [-0.15, -0.1) is 11.3 Å². The van der Waals surface area contributed by atoms with Crippen LogP contribution in [0.4, 0.5) is 0 Å². The average Bonchev–Trinajstić information content (AvgIpc) is 2.77. The summed E-state index contributed by atoms with van der Waals surface area (Å²) in [6, 6.07) is 2.29. The lowest BCUT2D eigenvalue weighted by molar-refractivity contribution is 0.556. The minimum atomic E-state index is 1.29. The van der Waals surface area contributed by atoms with Crippen LogP contribution in [0.2, 0.25) is 0 Å². The quantitative estimate of drug-likeness (QED) is 0.293. The lowest BCUT2D eigenvalue weighted by Gasteiger charge is -2.02. The number of aryl methyl sites for hydroxylation is 1. The van der Waals surface area contributed by atoms with Crippen molar-refractivity contribution in [3.8, 4) is 0 Å². The molecule has 0 saturated carbocycles. The maximum Gasteiger partial charge on any atom is 0.0685 e. The van der Waals surface area contributed by atoms with Crippen molar-refractivity contribution in [2.75, 3.05) is 0 Å². The molecule has 0 spiro atoms. The van der Waals surface area contributed by atoms with E-state index in [2.05, 4.69) is 41.0 Å². The second-order valence-corrected chi connectivity index (χ2v) is 7.88. The molecule has 2 heteroatoms. The van der Waals surface area contributed by atoms with Gasteiger partial charge in [-0.05, 0) is 52.4 Å². The maximum atomic E-state index is 2.46. The number of rotatable bonds is 11. The molecule has 18 heavy (non-hydrogen) atoms. The van der Waals surface area contributed by atoms with Gasteiger partial charge in [-0.1, -0.05) is 64.7 Å². The summed E-state index contributed by atoms with van der Waals surface area (Å²) in [5.74, 6) is 0. The fourth-order valence-corrected chi connectivity index (χ4v) is 3.86. The molecule has 0 aromatic carbocycles. The van der Waals surface area contributed by atoms with Crippen molar-refractivity contribution < 1.29 is 0 Å². The summed E-state index contributed by atoms with van der Waals surface area (Å²) in [7, 11) is 0. The summed E-state index contributed by atoms with van der Waals surface area (Å²) < 4.78 is 1.49. The van der Waals surface area contributed by atoms with Crippen LogP contribution in [0.3, 0.4) is 0 Å². The largest absolute Gasteiger partial charge is 0.137 e. The van der Waals surface area contributed by atoms with Gasteiger partial charge < -0.3 is 0 Å². The molecule has 104 valence electrons. The molecule has 0 radical (unpaired) electrons. The third-order valence-electron chi connectivity index (χ3n) is 3.49. The SMILES string of the molecule is CCCCCCCCCCCCc1ccsc1I. The van der Waals surface area contributed by atoms with Crippen molar-refractivity contribution in [3.63, 3.8) is 0 Å². The van der Waals surface area contributed by atoms with Gasteiger partial charge in [0.05, 0.1) is 2.88 Å². The Balaban J connectivity index is 1.83. The molecular weight excluding hydrogens is 351 g/mol. The highest BCUT2D eigenvalue weighted by molar-refractivity contribution is 14.1. The minimum absolute atomic E-state index is 1.29. The normalized spacial score (nSPS) is 11.0. The van der Waals surface area contributed by atoms with E-state index in [0.29, 0.717) is 0 Å². The van der Waals surface area contributed by atoms with Crippen LogP contribution < -0.4 is 0 Å². The van der Waals surface area contributed by atoms with Crippen molar-refractivity contribution in [2.45, 2.75) is 77.6 Å². The second kappa shape index (κ2) is 11.3. The molecule has 1 rings (SSSR count). The van der Waals surface area contributed by atoms with Gasteiger partial charge in [-0.2, -0.15) is 0 Å². The molecule has 1 aromatic heterocycles. The number of hydrogen-bond acceptors (Lipinski definition) is 1. The summed E-state index contributed by atoms with van der Waals surface area (Å²) >= 11 is 4.34. The highest BCUT2D eigenvalue weighted by atomic mass is 127. The molecule has 0 aliphatic heterocycles. The number of thiophene rings is 1. The standard InChI is InChI=1S/C16H27IS/c1-2-3-4-5-6-7-8-9-10-11-12-15-13-14-18-16(15)17/h13-14H,2-12H2,1H3. The van der Waals surface area contributed by atoms with Crippen LogP contribution in [0.5, 0.6) is 0 Å². The molecule has 1 aromatic rings. The van der Waals surface area contributed by atoms with Crippen molar-refractivity contribution in [2.24, 2.45) is 0 Å². The Labute approximate surface area is 131 Å². The first-order valence-electron chi connectivity index (χ1n) is 7.56. The monoisotopic (exact) mass is 378 g/mol. The molecule has 0 aliphatic carbocycles. The van der Waals surface area contributed by atoms with E-state index in [4.69, 9.17) is 0 Å². The van der Waals surface area contributed by atoms with Crippen molar-refractivity contribution in [1.29, 1.82) is 0 Å². The minimum Gasteiger partial charge on any atom is -0.137 e. The Hall–Kier alpha value is 0.430. The van der Waals surface area contributed by atoms with Crippen LogP contribution in [-0.2, 0) is 6.42 Å². The fraction of sp³-hybridized carbons (Fsp3) is 0.750. The summed E-state index contributed by atoms with van der Waals surface area (Å²) in [4.78, 5) is 0. The average molecular weight is 378 g/mol. The smallest absolute Gasteiger partial charge is 0.0685 e. The zero-order valence-electron chi connectivity index (χ0n) is 11.7. The van der Waals surface area contributed by atoms with Crippen molar-refractivity contribution in [3.05, 3.63) is 19.9 Å². The number of halogens is 1. The summed E-state index contributed by atoms with van der Waals surface area (Å²) in [6.07, 6.45) is 15.6. The molecule has 0 fully saturated rings. The highest BCUT2D eigenvalue weighted by Gasteiger charge is 2.00. The zero-order chi connectivity index (χ0) is 13.1. The first-order chi connectivity index (χ1) is 8.84. The van der Waals surface area contributed by atoms with Crippen LogP contribution in [0.15, 0.2) is 11.4 Å². The van der Waals surface area contributed by atoms with Gasteiger partial charge in [0.25, 0.3) is 0 Å². The first kappa shape index (κ1) is 16.5. The van der Waals surface area contributed by atoms with Gasteiger partial charge in [0, 0.05) is 0 Å². The van der Waals surface area contributed by atoms with Crippen molar-refractivity contribution in [1.82, 2.24) is 0 Å². The van der Waals surface area contributed by atoms with Crippen LogP contribution in [0, 0.1) is 2.88 Å². The third kappa shape index (κ3) is 7.78. The lowest BCUT2D eigenvalue weighted by Crippen LogP contribution is -1.86. The Kier molecular flexibility index (Phi) is 10.3. The van der Waals surface area contributed by atoms with Gasteiger partial charge >= 0.3 is 0 Å².